The summed E-state index contributed by atoms with van der Waals surface area (Å²) in [5.74, 6) is 0.457. The predicted octanol–water partition coefficient (Wildman–Crippen LogP) is 5.43. The second-order valence-corrected chi connectivity index (χ2v) is 8.83. The fourth-order valence-corrected chi connectivity index (χ4v) is 4.57. The van der Waals surface area contributed by atoms with Crippen LogP contribution >= 0.6 is 11.8 Å². The topological polar surface area (TPSA) is 96.0 Å². The predicted molar refractivity (Wildman–Crippen MR) is 134 cm³/mol. The number of alkyl halides is 1. The number of ether oxygens (including phenoxy) is 2. The van der Waals surface area contributed by atoms with Crippen LogP contribution in [0.4, 0.5) is 14.9 Å². The van der Waals surface area contributed by atoms with E-state index in [0.717, 1.165) is 16.8 Å². The fourth-order valence-electron chi connectivity index (χ4n) is 3.64. The number of methoxy groups -OCH3 is 1. The molecule has 2 amide bonds. The van der Waals surface area contributed by atoms with E-state index in [2.05, 4.69) is 15.4 Å². The minimum Gasteiger partial charge on any atom is -0.493 e. The van der Waals surface area contributed by atoms with E-state index in [9.17, 15) is 14.0 Å². The maximum atomic E-state index is 12.8. The third-order valence-corrected chi connectivity index (χ3v) is 6.67. The number of halogens is 1. The maximum Gasteiger partial charge on any atom is 0.302 e. The number of hydrogen-bond acceptors (Lipinski definition) is 6. The molecule has 35 heavy (non-hydrogen) atoms. The molecule has 4 rings (SSSR count). The van der Waals surface area contributed by atoms with Gasteiger partial charge in [0.15, 0.2) is 11.5 Å². The highest BCUT2D eigenvalue weighted by atomic mass is 32.2. The van der Waals surface area contributed by atoms with Crippen molar-refractivity contribution in [2.45, 2.75) is 25.1 Å². The highest BCUT2D eigenvalue weighted by molar-refractivity contribution is 8.14. The number of carbonyl (C=O) groups is 2. The van der Waals surface area contributed by atoms with Gasteiger partial charge in [-0.2, -0.15) is 5.10 Å². The quantitative estimate of drug-likeness (QED) is 0.412. The van der Waals surface area contributed by atoms with E-state index in [-0.39, 0.29) is 22.9 Å². The molecule has 1 atom stereocenters. The highest BCUT2D eigenvalue weighted by Gasteiger charge is 2.30. The van der Waals surface area contributed by atoms with Gasteiger partial charge in [0.2, 0.25) is 6.86 Å². The molecule has 1 unspecified atom stereocenters. The third-order valence-electron chi connectivity index (χ3n) is 5.41. The van der Waals surface area contributed by atoms with E-state index < -0.39 is 6.86 Å². The van der Waals surface area contributed by atoms with Gasteiger partial charge in [0, 0.05) is 17.4 Å². The summed E-state index contributed by atoms with van der Waals surface area (Å²) in [5, 5.41) is 8.65. The number of aromatic amines is 1. The smallest absolute Gasteiger partial charge is 0.302 e. The number of amides is 2. The first-order valence-corrected chi connectivity index (χ1v) is 11.9. The number of thioether (sulfide) groups is 1. The van der Waals surface area contributed by atoms with Crippen molar-refractivity contribution in [3.63, 3.8) is 0 Å². The number of aromatic nitrogens is 1. The number of nitrogens with zero attached hydrogens (tertiary/aromatic N) is 2. The summed E-state index contributed by atoms with van der Waals surface area (Å²) in [6, 6.07) is 15.9. The Morgan fingerprint density at radius 3 is 2.66 bits per heavy atom. The molecule has 2 aromatic carbocycles. The molecule has 8 nitrogen and oxygen atoms in total. The van der Waals surface area contributed by atoms with E-state index in [4.69, 9.17) is 9.47 Å². The van der Waals surface area contributed by atoms with Crippen molar-refractivity contribution in [3.8, 4) is 11.5 Å². The van der Waals surface area contributed by atoms with E-state index >= 15 is 0 Å². The Morgan fingerprint density at radius 2 is 2.00 bits per heavy atom. The molecule has 0 saturated carbocycles. The average Bonchev–Trinajstić information content (AvgIpc) is 3.42. The van der Waals surface area contributed by atoms with Crippen molar-refractivity contribution in [1.29, 1.82) is 0 Å². The minimum absolute atomic E-state index is 0.123. The minimum atomic E-state index is -0.958. The molecule has 1 aromatic heterocycles. The molecule has 0 radical (unpaired) electrons. The monoisotopic (exact) mass is 496 g/mol. The first-order chi connectivity index (χ1) is 17.0. The van der Waals surface area contributed by atoms with Crippen LogP contribution in [0, 0.1) is 0 Å². The number of benzene rings is 2. The van der Waals surface area contributed by atoms with Crippen molar-refractivity contribution in [2.24, 2.45) is 5.10 Å². The number of H-pyrrole nitrogens is 1. The Bertz CT molecular complexity index is 1210. The molecule has 0 aliphatic carbocycles. The molecule has 1 aliphatic rings. The zero-order valence-corrected chi connectivity index (χ0v) is 20.1. The van der Waals surface area contributed by atoms with Gasteiger partial charge < -0.3 is 19.8 Å². The lowest BCUT2D eigenvalue weighted by Crippen LogP contribution is -2.34. The van der Waals surface area contributed by atoms with Gasteiger partial charge in [-0.25, -0.2) is 9.40 Å². The van der Waals surface area contributed by atoms with Crippen molar-refractivity contribution in [3.05, 3.63) is 77.6 Å². The lowest BCUT2D eigenvalue weighted by Gasteiger charge is -2.28. The van der Waals surface area contributed by atoms with Gasteiger partial charge in [0.05, 0.1) is 24.6 Å². The van der Waals surface area contributed by atoms with Crippen LogP contribution in [0.5, 0.6) is 11.5 Å². The SMILES string of the molecule is CCC1SC(=O)N(Cc2ccc(NC(=O)c3ccc[nH]3)cc2)N=C1c1ccc(OCF)c(OC)c1. The fraction of sp³-hybridized carbons (Fsp3) is 0.240. The molecule has 0 fully saturated rings. The summed E-state index contributed by atoms with van der Waals surface area (Å²) in [6.07, 6.45) is 2.40. The Balaban J connectivity index is 1.52. The standard InChI is InChI=1S/C25H25FN4O4S/c1-3-22-23(17-8-11-20(34-15-26)21(13-17)33-2)29-30(25(32)35-22)14-16-6-9-18(10-7-16)28-24(31)19-5-4-12-27-19/h4-13,22,27H,3,14-15H2,1-2H3,(H,28,31). The van der Waals surface area contributed by atoms with Gasteiger partial charge >= 0.3 is 5.24 Å². The summed E-state index contributed by atoms with van der Waals surface area (Å²) in [4.78, 5) is 27.9. The lowest BCUT2D eigenvalue weighted by atomic mass is 10.0. The van der Waals surface area contributed by atoms with E-state index in [0.29, 0.717) is 29.3 Å². The lowest BCUT2D eigenvalue weighted by molar-refractivity contribution is 0.102. The summed E-state index contributed by atoms with van der Waals surface area (Å²) in [6.45, 7) is 1.31. The van der Waals surface area contributed by atoms with Crippen LogP contribution in [0.15, 0.2) is 65.9 Å². The van der Waals surface area contributed by atoms with Crippen LogP contribution in [0.1, 0.15) is 35.0 Å². The molecule has 1 aliphatic heterocycles. The first-order valence-electron chi connectivity index (χ1n) is 11.0. The van der Waals surface area contributed by atoms with Crippen LogP contribution in [-0.2, 0) is 6.54 Å². The van der Waals surface area contributed by atoms with Gasteiger partial charge in [0.1, 0.15) is 5.69 Å². The second kappa shape index (κ2) is 11.1. The second-order valence-electron chi connectivity index (χ2n) is 7.68. The molecular formula is C25H25FN4O4S. The average molecular weight is 497 g/mol. The van der Waals surface area contributed by atoms with E-state index in [1.54, 1.807) is 48.7 Å². The Kier molecular flexibility index (Phi) is 7.71. The molecule has 182 valence electrons. The van der Waals surface area contributed by atoms with Crippen LogP contribution in [0.25, 0.3) is 0 Å². The summed E-state index contributed by atoms with van der Waals surface area (Å²) in [7, 11) is 1.49. The van der Waals surface area contributed by atoms with Crippen molar-refractivity contribution < 1.29 is 23.5 Å². The number of hydrogen-bond donors (Lipinski definition) is 2. The van der Waals surface area contributed by atoms with Crippen LogP contribution in [0.2, 0.25) is 0 Å². The van der Waals surface area contributed by atoms with Crippen molar-refractivity contribution >= 4 is 34.3 Å². The first kappa shape index (κ1) is 24.3. The number of anilines is 1. The molecule has 0 bridgehead atoms. The number of rotatable bonds is 9. The Hall–Kier alpha value is -3.79. The third kappa shape index (κ3) is 5.65. The van der Waals surface area contributed by atoms with Crippen LogP contribution < -0.4 is 14.8 Å². The van der Waals surface area contributed by atoms with Gasteiger partial charge in [-0.1, -0.05) is 30.8 Å². The molecular weight excluding hydrogens is 471 g/mol. The summed E-state index contributed by atoms with van der Waals surface area (Å²) in [5.41, 5.74) is 3.48. The maximum absolute atomic E-state index is 12.8. The number of nitrogens with one attached hydrogen (secondary N) is 2. The number of carbonyl (C=O) groups excluding carboxylic acids is 2. The van der Waals surface area contributed by atoms with Crippen LogP contribution in [-0.4, -0.2) is 46.1 Å². The van der Waals surface area contributed by atoms with Gasteiger partial charge in [-0.15, -0.1) is 0 Å². The Morgan fingerprint density at radius 1 is 1.20 bits per heavy atom. The van der Waals surface area contributed by atoms with E-state index in [1.165, 1.54) is 23.9 Å². The van der Waals surface area contributed by atoms with Crippen molar-refractivity contribution in [1.82, 2.24) is 9.99 Å². The molecule has 0 spiro atoms. The van der Waals surface area contributed by atoms with Gasteiger partial charge in [-0.3, -0.25) is 9.59 Å². The van der Waals surface area contributed by atoms with Crippen LogP contribution in [0.3, 0.4) is 0 Å². The van der Waals surface area contributed by atoms with Gasteiger partial charge in [0.25, 0.3) is 5.91 Å². The molecule has 3 aromatic rings. The molecule has 2 heterocycles. The van der Waals surface area contributed by atoms with E-state index in [1.807, 2.05) is 19.1 Å². The van der Waals surface area contributed by atoms with Gasteiger partial charge in [-0.05, 0) is 54.4 Å². The molecule has 10 heteroatoms. The molecule has 2 N–H and O–H groups in total. The summed E-state index contributed by atoms with van der Waals surface area (Å²) >= 11 is 1.22. The Labute approximate surface area is 206 Å². The zero-order valence-electron chi connectivity index (χ0n) is 19.3. The highest BCUT2D eigenvalue weighted by Crippen LogP contribution is 2.34. The van der Waals surface area contributed by atoms with Crippen molar-refractivity contribution in [2.75, 3.05) is 19.3 Å². The zero-order chi connectivity index (χ0) is 24.8. The largest absolute Gasteiger partial charge is 0.493 e. The number of hydrazone groups is 1. The molecule has 0 saturated heterocycles. The normalized spacial score (nSPS) is 15.5. The summed E-state index contributed by atoms with van der Waals surface area (Å²) < 4.78 is 23.0.